The molecule has 0 atom stereocenters. The second-order valence-corrected chi connectivity index (χ2v) is 9.37. The molecule has 1 aromatic carbocycles. The third kappa shape index (κ3) is 5.33. The molecule has 3 heterocycles. The molecule has 0 bridgehead atoms. The molecule has 2 aliphatic rings. The van der Waals surface area contributed by atoms with Gasteiger partial charge in [-0.05, 0) is 62.2 Å². The predicted octanol–water partition coefficient (Wildman–Crippen LogP) is 5.61. The van der Waals surface area contributed by atoms with Crippen LogP contribution in [0.5, 0.6) is 0 Å². The van der Waals surface area contributed by atoms with Crippen LogP contribution >= 0.6 is 0 Å². The number of halogens is 2. The summed E-state index contributed by atoms with van der Waals surface area (Å²) in [7, 11) is 0. The minimum absolute atomic E-state index is 0.0360. The molecule has 5 rings (SSSR count). The number of nitrogens with one attached hydrogen (secondary N) is 3. The van der Waals surface area contributed by atoms with Gasteiger partial charge < -0.3 is 16.0 Å². The Labute approximate surface area is 198 Å². The number of pyridine rings is 1. The Kier molecular flexibility index (Phi) is 6.41. The highest BCUT2D eigenvalue weighted by molar-refractivity contribution is 5.88. The average molecular weight is 465 g/mol. The number of hydrogen-bond acceptors (Lipinski definition) is 6. The Bertz CT molecular complexity index is 1160. The van der Waals surface area contributed by atoms with Crippen LogP contribution in [0.1, 0.15) is 38.5 Å². The second kappa shape index (κ2) is 9.62. The van der Waals surface area contributed by atoms with Gasteiger partial charge >= 0.3 is 0 Å². The largest absolute Gasteiger partial charge is 0.366 e. The van der Waals surface area contributed by atoms with Gasteiger partial charge in [-0.15, -0.1) is 0 Å². The maximum absolute atomic E-state index is 13.5. The highest BCUT2D eigenvalue weighted by atomic mass is 19.3. The van der Waals surface area contributed by atoms with Crippen LogP contribution in [0.15, 0.2) is 55.1 Å². The Morgan fingerprint density at radius 1 is 0.971 bits per heavy atom. The van der Waals surface area contributed by atoms with E-state index in [-0.39, 0.29) is 18.8 Å². The highest BCUT2D eigenvalue weighted by Crippen LogP contribution is 2.38. The van der Waals surface area contributed by atoms with Gasteiger partial charge in [0.1, 0.15) is 11.6 Å². The number of allylic oxidation sites excluding steroid dienone is 1. The van der Waals surface area contributed by atoms with Gasteiger partial charge in [-0.3, -0.25) is 4.98 Å². The molecule has 1 aliphatic carbocycles. The number of anilines is 2. The van der Waals surface area contributed by atoms with Crippen molar-refractivity contribution in [2.75, 3.05) is 23.7 Å². The summed E-state index contributed by atoms with van der Waals surface area (Å²) < 4.78 is 27.0. The van der Waals surface area contributed by atoms with Gasteiger partial charge in [0.05, 0.1) is 18.1 Å². The van der Waals surface area contributed by atoms with Crippen LogP contribution in [0.3, 0.4) is 0 Å². The first kappa shape index (κ1) is 22.7. The lowest BCUT2D eigenvalue weighted by atomic mass is 9.85. The molecule has 1 saturated heterocycles. The zero-order chi connectivity index (χ0) is 23.5. The summed E-state index contributed by atoms with van der Waals surface area (Å²) in [5.41, 5.74) is 2.53. The maximum Gasteiger partial charge on any atom is 0.248 e. The third-order valence-corrected chi connectivity index (χ3v) is 6.84. The fourth-order valence-electron chi connectivity index (χ4n) is 4.77. The van der Waals surface area contributed by atoms with Crippen molar-refractivity contribution >= 4 is 22.4 Å². The molecule has 0 spiro atoms. The molecule has 0 amide bonds. The average Bonchev–Trinajstić information content (AvgIpc) is 2.84. The Balaban J connectivity index is 1.31. The zero-order valence-corrected chi connectivity index (χ0v) is 19.2. The van der Waals surface area contributed by atoms with Crippen molar-refractivity contribution < 1.29 is 8.78 Å². The smallest absolute Gasteiger partial charge is 0.248 e. The van der Waals surface area contributed by atoms with Crippen molar-refractivity contribution in [3.05, 3.63) is 55.1 Å². The number of alkyl halides is 2. The van der Waals surface area contributed by atoms with E-state index in [1.165, 1.54) is 0 Å². The molecule has 0 unspecified atom stereocenters. The number of hydrogen-bond donors (Lipinski definition) is 3. The zero-order valence-electron chi connectivity index (χ0n) is 19.2. The molecule has 1 aliphatic heterocycles. The van der Waals surface area contributed by atoms with Crippen LogP contribution in [0.4, 0.5) is 20.4 Å². The molecular weight excluding hydrogens is 434 g/mol. The second-order valence-electron chi connectivity index (χ2n) is 9.37. The van der Waals surface area contributed by atoms with E-state index >= 15 is 0 Å². The van der Waals surface area contributed by atoms with Crippen molar-refractivity contribution in [2.24, 2.45) is 5.92 Å². The number of fused-ring (bicyclic) bond motifs is 1. The van der Waals surface area contributed by atoms with E-state index < -0.39 is 5.92 Å². The topological polar surface area (TPSA) is 74.8 Å². The van der Waals surface area contributed by atoms with E-state index in [4.69, 9.17) is 4.98 Å². The third-order valence-electron chi connectivity index (χ3n) is 6.84. The number of nitrogens with zero attached hydrogens (tertiary/aromatic N) is 3. The van der Waals surface area contributed by atoms with Crippen molar-refractivity contribution in [3.63, 3.8) is 0 Å². The molecule has 178 valence electrons. The van der Waals surface area contributed by atoms with E-state index in [1.807, 2.05) is 24.4 Å². The quantitative estimate of drug-likeness (QED) is 0.441. The lowest BCUT2D eigenvalue weighted by molar-refractivity contribution is -0.0419. The maximum atomic E-state index is 13.5. The van der Waals surface area contributed by atoms with Gasteiger partial charge in [0.15, 0.2) is 0 Å². The van der Waals surface area contributed by atoms with Crippen LogP contribution in [0.25, 0.3) is 22.0 Å². The number of aromatic nitrogens is 3. The van der Waals surface area contributed by atoms with E-state index in [0.717, 1.165) is 59.5 Å². The van der Waals surface area contributed by atoms with Crippen molar-refractivity contribution in [1.29, 1.82) is 0 Å². The fourth-order valence-corrected chi connectivity index (χ4v) is 4.77. The SMILES string of the molecule is C=C(Nc1cc2cc(-c3cncc(NC4CCNCC4)n3)ccc2cn1)C1CCC(F)(F)CC1. The molecule has 6 nitrogen and oxygen atoms in total. The normalized spacial score (nSPS) is 19.1. The van der Waals surface area contributed by atoms with Gasteiger partial charge in [0.2, 0.25) is 5.92 Å². The number of rotatable bonds is 6. The van der Waals surface area contributed by atoms with Gasteiger partial charge in [-0.25, -0.2) is 18.7 Å². The van der Waals surface area contributed by atoms with Crippen molar-refractivity contribution in [2.45, 2.75) is 50.5 Å². The Morgan fingerprint density at radius 2 is 1.76 bits per heavy atom. The number of piperidine rings is 1. The first-order valence-corrected chi connectivity index (χ1v) is 12.0. The molecule has 2 aromatic heterocycles. The first-order chi connectivity index (χ1) is 16.4. The van der Waals surface area contributed by atoms with E-state index in [1.54, 1.807) is 12.4 Å². The lowest BCUT2D eigenvalue weighted by Gasteiger charge is -2.29. The van der Waals surface area contributed by atoms with E-state index in [9.17, 15) is 8.78 Å². The molecule has 3 aromatic rings. The minimum Gasteiger partial charge on any atom is -0.366 e. The summed E-state index contributed by atoms with van der Waals surface area (Å²) in [4.78, 5) is 13.7. The van der Waals surface area contributed by atoms with E-state index in [2.05, 4.69) is 38.6 Å². The molecule has 2 fully saturated rings. The predicted molar refractivity (Wildman–Crippen MR) is 132 cm³/mol. The minimum atomic E-state index is -2.54. The van der Waals surface area contributed by atoms with Gasteiger partial charge in [0, 0.05) is 41.7 Å². The summed E-state index contributed by atoms with van der Waals surface area (Å²) in [5, 5.41) is 12.1. The summed E-state index contributed by atoms with van der Waals surface area (Å²) in [6.45, 7) is 6.13. The molecular formula is C26H30F2N6. The molecule has 34 heavy (non-hydrogen) atoms. The molecule has 0 radical (unpaired) electrons. The lowest BCUT2D eigenvalue weighted by Crippen LogP contribution is -2.35. The van der Waals surface area contributed by atoms with Crippen molar-refractivity contribution in [3.8, 4) is 11.3 Å². The van der Waals surface area contributed by atoms with Gasteiger partial charge in [-0.2, -0.15) is 0 Å². The van der Waals surface area contributed by atoms with Crippen LogP contribution in [-0.2, 0) is 0 Å². The van der Waals surface area contributed by atoms with Crippen LogP contribution in [0.2, 0.25) is 0 Å². The summed E-state index contributed by atoms with van der Waals surface area (Å²) >= 11 is 0. The molecule has 1 saturated carbocycles. The highest BCUT2D eigenvalue weighted by Gasteiger charge is 2.35. The Hall–Kier alpha value is -3.13. The molecule has 3 N–H and O–H groups in total. The van der Waals surface area contributed by atoms with Gasteiger partial charge in [0.25, 0.3) is 0 Å². The first-order valence-electron chi connectivity index (χ1n) is 12.0. The van der Waals surface area contributed by atoms with Crippen LogP contribution in [0, 0.1) is 5.92 Å². The van der Waals surface area contributed by atoms with Crippen molar-refractivity contribution in [1.82, 2.24) is 20.3 Å². The van der Waals surface area contributed by atoms with Gasteiger partial charge in [-0.1, -0.05) is 18.7 Å². The molecule has 8 heteroatoms. The monoisotopic (exact) mass is 464 g/mol. The van der Waals surface area contributed by atoms with E-state index in [0.29, 0.717) is 24.7 Å². The van der Waals surface area contributed by atoms with Crippen LogP contribution in [-0.4, -0.2) is 40.0 Å². The summed E-state index contributed by atoms with van der Waals surface area (Å²) in [6, 6.07) is 8.49. The number of benzene rings is 1. The fraction of sp³-hybridized carbons (Fsp3) is 0.423. The standard InChI is InChI=1S/C26H30F2N6/c1-17(18-4-8-26(27,28)9-5-18)32-24-13-21-12-19(2-3-20(21)14-31-24)23-15-30-16-25(34-23)33-22-6-10-29-11-7-22/h2-3,12-16,18,22,29H,1,4-11H2,(H,31,32)(H,33,34). The summed E-state index contributed by atoms with van der Waals surface area (Å²) in [5.74, 6) is -1.05. The van der Waals surface area contributed by atoms with Crippen LogP contribution < -0.4 is 16.0 Å². The Morgan fingerprint density at radius 3 is 2.56 bits per heavy atom. The summed E-state index contributed by atoms with van der Waals surface area (Å²) in [6.07, 6.45) is 8.21.